The minimum Gasteiger partial charge on any atom is -0.309 e. The first-order valence-electron chi connectivity index (χ1n) is 6.65. The number of rotatable bonds is 4. The van der Waals surface area contributed by atoms with E-state index >= 15 is 0 Å². The van der Waals surface area contributed by atoms with Gasteiger partial charge in [0.25, 0.3) is 0 Å². The molecule has 1 fully saturated rings. The van der Waals surface area contributed by atoms with E-state index in [9.17, 15) is 0 Å². The first-order chi connectivity index (χ1) is 8.33. The summed E-state index contributed by atoms with van der Waals surface area (Å²) >= 11 is 0. The van der Waals surface area contributed by atoms with Gasteiger partial charge < -0.3 is 5.32 Å². The SMILES string of the molecule is CC(NCC1CC2C=CC1C2)c1ccccn1. The Morgan fingerprint density at radius 2 is 2.29 bits per heavy atom. The molecule has 3 rings (SSSR count). The summed E-state index contributed by atoms with van der Waals surface area (Å²) in [5.74, 6) is 2.55. The lowest BCUT2D eigenvalue weighted by molar-refractivity contribution is 0.391. The molecular formula is C15H20N2. The van der Waals surface area contributed by atoms with Crippen LogP contribution in [-0.4, -0.2) is 11.5 Å². The summed E-state index contributed by atoms with van der Waals surface area (Å²) in [6.45, 7) is 3.33. The quantitative estimate of drug-likeness (QED) is 0.801. The number of pyridine rings is 1. The molecule has 17 heavy (non-hydrogen) atoms. The highest BCUT2D eigenvalue weighted by Crippen LogP contribution is 2.43. The van der Waals surface area contributed by atoms with Crippen LogP contribution in [0, 0.1) is 17.8 Å². The molecular weight excluding hydrogens is 208 g/mol. The summed E-state index contributed by atoms with van der Waals surface area (Å²) in [6.07, 6.45) is 9.47. The Hall–Kier alpha value is -1.15. The van der Waals surface area contributed by atoms with Crippen molar-refractivity contribution in [2.24, 2.45) is 17.8 Å². The standard InChI is InChI=1S/C15H20N2/c1-11(15-4-2-3-7-16-15)17-10-14-9-12-5-6-13(14)8-12/h2-7,11-14,17H,8-10H2,1H3. The van der Waals surface area contributed by atoms with E-state index in [0.717, 1.165) is 30.0 Å². The van der Waals surface area contributed by atoms with E-state index in [4.69, 9.17) is 0 Å². The number of hydrogen-bond acceptors (Lipinski definition) is 2. The fourth-order valence-corrected chi connectivity index (χ4v) is 3.19. The van der Waals surface area contributed by atoms with Gasteiger partial charge in [0, 0.05) is 12.2 Å². The molecule has 1 aromatic rings. The largest absolute Gasteiger partial charge is 0.309 e. The summed E-state index contributed by atoms with van der Waals surface area (Å²) in [6, 6.07) is 6.48. The van der Waals surface area contributed by atoms with Crippen molar-refractivity contribution >= 4 is 0 Å². The molecule has 4 unspecified atom stereocenters. The van der Waals surface area contributed by atoms with Gasteiger partial charge in [0.2, 0.25) is 0 Å². The Morgan fingerprint density at radius 3 is 2.94 bits per heavy atom. The van der Waals surface area contributed by atoms with Crippen molar-refractivity contribution in [1.29, 1.82) is 0 Å². The van der Waals surface area contributed by atoms with Crippen LogP contribution in [-0.2, 0) is 0 Å². The van der Waals surface area contributed by atoms with Crippen molar-refractivity contribution in [2.45, 2.75) is 25.8 Å². The molecule has 2 heteroatoms. The number of allylic oxidation sites excluding steroid dienone is 2. The number of fused-ring (bicyclic) bond motifs is 2. The molecule has 0 saturated heterocycles. The third kappa shape index (κ3) is 2.27. The Bertz CT molecular complexity index is 399. The maximum atomic E-state index is 4.40. The van der Waals surface area contributed by atoms with E-state index in [1.54, 1.807) is 0 Å². The normalized spacial score (nSPS) is 31.9. The molecule has 1 N–H and O–H groups in total. The zero-order valence-electron chi connectivity index (χ0n) is 10.3. The average molecular weight is 228 g/mol. The van der Waals surface area contributed by atoms with Crippen LogP contribution in [0.2, 0.25) is 0 Å². The Kier molecular flexibility index (Phi) is 2.98. The van der Waals surface area contributed by atoms with E-state index in [1.165, 1.54) is 12.8 Å². The van der Waals surface area contributed by atoms with Gasteiger partial charge in [0.15, 0.2) is 0 Å². The predicted octanol–water partition coefficient (Wildman–Crippen LogP) is 2.94. The van der Waals surface area contributed by atoms with Crippen LogP contribution < -0.4 is 5.32 Å². The molecule has 0 aliphatic heterocycles. The Balaban J connectivity index is 1.53. The summed E-state index contributed by atoms with van der Waals surface area (Å²) in [5, 5.41) is 3.63. The van der Waals surface area contributed by atoms with Crippen molar-refractivity contribution in [3.05, 3.63) is 42.2 Å². The van der Waals surface area contributed by atoms with Crippen LogP contribution in [0.15, 0.2) is 36.5 Å². The zero-order valence-corrected chi connectivity index (χ0v) is 10.3. The van der Waals surface area contributed by atoms with Crippen molar-refractivity contribution < 1.29 is 0 Å². The van der Waals surface area contributed by atoms with Crippen LogP contribution >= 0.6 is 0 Å². The maximum absolute atomic E-state index is 4.40. The third-order valence-corrected chi connectivity index (χ3v) is 4.23. The molecule has 2 nitrogen and oxygen atoms in total. The Morgan fingerprint density at radius 1 is 1.35 bits per heavy atom. The molecule has 2 bridgehead atoms. The van der Waals surface area contributed by atoms with E-state index < -0.39 is 0 Å². The second kappa shape index (κ2) is 4.61. The van der Waals surface area contributed by atoms with Gasteiger partial charge >= 0.3 is 0 Å². The van der Waals surface area contributed by atoms with Gasteiger partial charge in [-0.1, -0.05) is 18.2 Å². The fourth-order valence-electron chi connectivity index (χ4n) is 3.19. The molecule has 1 aromatic heterocycles. The third-order valence-electron chi connectivity index (χ3n) is 4.23. The molecule has 2 aliphatic rings. The minimum atomic E-state index is 0.360. The molecule has 0 radical (unpaired) electrons. The van der Waals surface area contributed by atoms with Gasteiger partial charge in [-0.05, 0) is 56.2 Å². The van der Waals surface area contributed by atoms with Gasteiger partial charge in [-0.25, -0.2) is 0 Å². The van der Waals surface area contributed by atoms with Crippen molar-refractivity contribution in [1.82, 2.24) is 10.3 Å². The van der Waals surface area contributed by atoms with E-state index in [0.29, 0.717) is 6.04 Å². The lowest BCUT2D eigenvalue weighted by Crippen LogP contribution is -2.28. The highest BCUT2D eigenvalue weighted by Gasteiger charge is 2.35. The van der Waals surface area contributed by atoms with Gasteiger partial charge in [-0.2, -0.15) is 0 Å². The molecule has 1 saturated carbocycles. The molecule has 1 heterocycles. The highest BCUT2D eigenvalue weighted by atomic mass is 14.9. The zero-order chi connectivity index (χ0) is 11.7. The minimum absolute atomic E-state index is 0.360. The summed E-state index contributed by atoms with van der Waals surface area (Å²) < 4.78 is 0. The average Bonchev–Trinajstić information content (AvgIpc) is 2.99. The monoisotopic (exact) mass is 228 g/mol. The molecule has 0 amide bonds. The summed E-state index contributed by atoms with van der Waals surface area (Å²) in [4.78, 5) is 4.40. The van der Waals surface area contributed by atoms with E-state index in [-0.39, 0.29) is 0 Å². The fraction of sp³-hybridized carbons (Fsp3) is 0.533. The van der Waals surface area contributed by atoms with Gasteiger partial charge in [-0.15, -0.1) is 0 Å². The topological polar surface area (TPSA) is 24.9 Å². The lowest BCUT2D eigenvalue weighted by atomic mass is 9.93. The number of aromatic nitrogens is 1. The van der Waals surface area contributed by atoms with Gasteiger partial charge in [-0.3, -0.25) is 4.98 Å². The smallest absolute Gasteiger partial charge is 0.0570 e. The number of nitrogens with zero attached hydrogens (tertiary/aromatic N) is 1. The lowest BCUT2D eigenvalue weighted by Gasteiger charge is -2.21. The van der Waals surface area contributed by atoms with E-state index in [1.807, 2.05) is 12.3 Å². The van der Waals surface area contributed by atoms with Crippen molar-refractivity contribution in [3.8, 4) is 0 Å². The summed E-state index contributed by atoms with van der Waals surface area (Å²) in [5.41, 5.74) is 1.14. The summed E-state index contributed by atoms with van der Waals surface area (Å²) in [7, 11) is 0. The van der Waals surface area contributed by atoms with Gasteiger partial charge in [0.1, 0.15) is 0 Å². The molecule has 0 aromatic carbocycles. The first kappa shape index (κ1) is 11.0. The van der Waals surface area contributed by atoms with Crippen molar-refractivity contribution in [2.75, 3.05) is 6.54 Å². The highest BCUT2D eigenvalue weighted by molar-refractivity contribution is 5.11. The Labute approximate surface area is 103 Å². The maximum Gasteiger partial charge on any atom is 0.0570 e. The second-order valence-electron chi connectivity index (χ2n) is 5.42. The number of hydrogen-bond donors (Lipinski definition) is 1. The van der Waals surface area contributed by atoms with Crippen molar-refractivity contribution in [3.63, 3.8) is 0 Å². The predicted molar refractivity (Wildman–Crippen MR) is 69.5 cm³/mol. The van der Waals surface area contributed by atoms with Crippen LogP contribution in [0.5, 0.6) is 0 Å². The molecule has 4 atom stereocenters. The molecule has 2 aliphatic carbocycles. The van der Waals surface area contributed by atoms with Crippen LogP contribution in [0.25, 0.3) is 0 Å². The molecule has 0 spiro atoms. The second-order valence-corrected chi connectivity index (χ2v) is 5.42. The molecule has 90 valence electrons. The van der Waals surface area contributed by atoms with Crippen LogP contribution in [0.1, 0.15) is 31.5 Å². The van der Waals surface area contributed by atoms with Gasteiger partial charge in [0.05, 0.1) is 5.69 Å². The van der Waals surface area contributed by atoms with Crippen LogP contribution in [0.3, 0.4) is 0 Å². The van der Waals surface area contributed by atoms with E-state index in [2.05, 4.69) is 41.5 Å². The van der Waals surface area contributed by atoms with Crippen LogP contribution in [0.4, 0.5) is 0 Å². The number of nitrogens with one attached hydrogen (secondary N) is 1. The first-order valence-corrected chi connectivity index (χ1v) is 6.65.